The highest BCUT2D eigenvalue weighted by Gasteiger charge is 2.08. The van der Waals surface area contributed by atoms with Crippen molar-refractivity contribution in [2.75, 3.05) is 6.26 Å². The van der Waals surface area contributed by atoms with E-state index in [0.717, 1.165) is 5.69 Å². The van der Waals surface area contributed by atoms with Crippen LogP contribution < -0.4 is 4.84 Å². The second-order valence-electron chi connectivity index (χ2n) is 5.07. The van der Waals surface area contributed by atoms with Gasteiger partial charge < -0.3 is 4.84 Å². The molecule has 2 aromatic carbocycles. The number of aromatic nitrogens is 2. The first-order chi connectivity index (χ1) is 11.5. The van der Waals surface area contributed by atoms with Gasteiger partial charge >= 0.3 is 0 Å². The molecular weight excluding hydrogens is 326 g/mol. The molecule has 0 amide bonds. The summed E-state index contributed by atoms with van der Waals surface area (Å²) in [4.78, 5) is 5.55. The standard InChI is InChI=1S/C17H15N3O3S/c1-24(21,22)17-9-7-14(8-10-17)20-15(11-12-18-20)13-19-23-16-5-3-2-4-6-16/h2-13H,1H3/b19-13+. The first-order valence-electron chi connectivity index (χ1n) is 7.14. The summed E-state index contributed by atoms with van der Waals surface area (Å²) in [5, 5.41) is 8.17. The van der Waals surface area contributed by atoms with Gasteiger partial charge in [0.2, 0.25) is 0 Å². The first kappa shape index (κ1) is 15.9. The Balaban J connectivity index is 1.80. The van der Waals surface area contributed by atoms with Crippen LogP contribution in [0.15, 0.2) is 76.9 Å². The van der Waals surface area contributed by atoms with Gasteiger partial charge in [-0.15, -0.1) is 0 Å². The molecule has 0 atom stereocenters. The van der Waals surface area contributed by atoms with Crippen molar-refractivity contribution >= 4 is 16.1 Å². The molecule has 1 heterocycles. The molecule has 0 radical (unpaired) electrons. The molecule has 7 heteroatoms. The van der Waals surface area contributed by atoms with Gasteiger partial charge in [-0.25, -0.2) is 13.1 Å². The smallest absolute Gasteiger partial charge is 0.175 e. The number of hydrogen-bond donors (Lipinski definition) is 0. The second-order valence-corrected chi connectivity index (χ2v) is 7.09. The van der Waals surface area contributed by atoms with Crippen LogP contribution in [0.3, 0.4) is 0 Å². The summed E-state index contributed by atoms with van der Waals surface area (Å²) in [5.74, 6) is 0.636. The van der Waals surface area contributed by atoms with E-state index in [1.54, 1.807) is 59.6 Å². The Kier molecular flexibility index (Phi) is 4.43. The minimum atomic E-state index is -3.22. The monoisotopic (exact) mass is 341 g/mol. The molecule has 0 saturated heterocycles. The third-order valence-electron chi connectivity index (χ3n) is 3.27. The summed E-state index contributed by atoms with van der Waals surface area (Å²) in [6, 6.07) is 17.5. The predicted molar refractivity (Wildman–Crippen MR) is 91.3 cm³/mol. The molecule has 0 fully saturated rings. The molecule has 0 unspecified atom stereocenters. The minimum Gasteiger partial charge on any atom is -0.357 e. The topological polar surface area (TPSA) is 73.5 Å². The molecule has 1 aromatic heterocycles. The minimum absolute atomic E-state index is 0.265. The zero-order valence-electron chi connectivity index (χ0n) is 12.9. The number of sulfone groups is 1. The zero-order chi connectivity index (χ0) is 17.0. The van der Waals surface area contributed by atoms with Crippen molar-refractivity contribution in [3.05, 3.63) is 72.6 Å². The van der Waals surface area contributed by atoms with E-state index in [9.17, 15) is 8.42 Å². The van der Waals surface area contributed by atoms with Gasteiger partial charge in [0, 0.05) is 6.26 Å². The fourth-order valence-electron chi connectivity index (χ4n) is 2.08. The largest absolute Gasteiger partial charge is 0.357 e. The van der Waals surface area contributed by atoms with Crippen molar-refractivity contribution < 1.29 is 13.3 Å². The molecular formula is C17H15N3O3S. The van der Waals surface area contributed by atoms with E-state index in [0.29, 0.717) is 11.4 Å². The zero-order valence-corrected chi connectivity index (χ0v) is 13.7. The predicted octanol–water partition coefficient (Wildman–Crippen LogP) is 2.69. The maximum Gasteiger partial charge on any atom is 0.175 e. The van der Waals surface area contributed by atoms with Crippen LogP contribution in [0, 0.1) is 0 Å². The van der Waals surface area contributed by atoms with Crippen molar-refractivity contribution in [3.63, 3.8) is 0 Å². The van der Waals surface area contributed by atoms with Gasteiger partial charge in [-0.3, -0.25) is 0 Å². The van der Waals surface area contributed by atoms with E-state index >= 15 is 0 Å². The summed E-state index contributed by atoms with van der Waals surface area (Å²) < 4.78 is 24.7. The lowest BCUT2D eigenvalue weighted by molar-refractivity contribution is 0.343. The third-order valence-corrected chi connectivity index (χ3v) is 4.40. The van der Waals surface area contributed by atoms with E-state index in [1.165, 1.54) is 6.26 Å². The molecule has 0 aliphatic carbocycles. The summed E-state index contributed by atoms with van der Waals surface area (Å²) in [6.07, 6.45) is 4.35. The number of nitrogens with zero attached hydrogens (tertiary/aromatic N) is 3. The molecule has 3 rings (SSSR count). The highest BCUT2D eigenvalue weighted by molar-refractivity contribution is 7.90. The van der Waals surface area contributed by atoms with Crippen LogP contribution in [-0.2, 0) is 9.84 Å². The molecule has 0 spiro atoms. The molecule has 0 saturated carbocycles. The Bertz CT molecular complexity index is 946. The Morgan fingerprint density at radius 3 is 2.42 bits per heavy atom. The third kappa shape index (κ3) is 3.69. The average molecular weight is 341 g/mol. The van der Waals surface area contributed by atoms with Crippen LogP contribution >= 0.6 is 0 Å². The van der Waals surface area contributed by atoms with Gasteiger partial charge in [0.15, 0.2) is 15.6 Å². The molecule has 24 heavy (non-hydrogen) atoms. The molecule has 0 aliphatic heterocycles. The SMILES string of the molecule is CS(=O)(=O)c1ccc(-n2nccc2/C=N/Oc2ccccc2)cc1. The van der Waals surface area contributed by atoms with Gasteiger partial charge in [-0.1, -0.05) is 23.4 Å². The Labute approximate surface area is 139 Å². The van der Waals surface area contributed by atoms with Crippen LogP contribution in [-0.4, -0.2) is 30.7 Å². The summed E-state index contributed by atoms with van der Waals surface area (Å²) >= 11 is 0. The van der Waals surface area contributed by atoms with E-state index in [4.69, 9.17) is 4.84 Å². The summed E-state index contributed by atoms with van der Waals surface area (Å²) in [7, 11) is -3.22. The highest BCUT2D eigenvalue weighted by Crippen LogP contribution is 2.14. The lowest BCUT2D eigenvalue weighted by Gasteiger charge is -2.05. The van der Waals surface area contributed by atoms with Crippen molar-refractivity contribution in [1.82, 2.24) is 9.78 Å². The quantitative estimate of drug-likeness (QED) is 0.528. The van der Waals surface area contributed by atoms with Gasteiger partial charge in [-0.05, 0) is 42.5 Å². The number of para-hydroxylation sites is 1. The van der Waals surface area contributed by atoms with Crippen molar-refractivity contribution in [2.45, 2.75) is 4.90 Å². The fraction of sp³-hybridized carbons (Fsp3) is 0.0588. The van der Waals surface area contributed by atoms with Crippen molar-refractivity contribution in [3.8, 4) is 11.4 Å². The van der Waals surface area contributed by atoms with Crippen LogP contribution in [0.2, 0.25) is 0 Å². The fourth-order valence-corrected chi connectivity index (χ4v) is 2.71. The maximum atomic E-state index is 11.5. The van der Waals surface area contributed by atoms with Crippen LogP contribution in [0.5, 0.6) is 5.75 Å². The van der Waals surface area contributed by atoms with Gasteiger partial charge in [0.1, 0.15) is 0 Å². The molecule has 0 aliphatic rings. The molecule has 6 nitrogen and oxygen atoms in total. The molecule has 0 bridgehead atoms. The first-order valence-corrected chi connectivity index (χ1v) is 9.03. The Morgan fingerprint density at radius 2 is 1.75 bits per heavy atom. The van der Waals surface area contributed by atoms with E-state index < -0.39 is 9.84 Å². The lowest BCUT2D eigenvalue weighted by Crippen LogP contribution is -2.03. The molecule has 3 aromatic rings. The highest BCUT2D eigenvalue weighted by atomic mass is 32.2. The number of hydrogen-bond acceptors (Lipinski definition) is 5. The van der Waals surface area contributed by atoms with Crippen LogP contribution in [0.25, 0.3) is 5.69 Å². The maximum absolute atomic E-state index is 11.5. The average Bonchev–Trinajstić information content (AvgIpc) is 3.04. The van der Waals surface area contributed by atoms with Crippen molar-refractivity contribution in [1.29, 1.82) is 0 Å². The molecule has 0 N–H and O–H groups in total. The molecule has 122 valence electrons. The van der Waals surface area contributed by atoms with Gasteiger partial charge in [0.25, 0.3) is 0 Å². The summed E-state index contributed by atoms with van der Waals surface area (Å²) in [5.41, 5.74) is 1.44. The van der Waals surface area contributed by atoms with E-state index in [2.05, 4.69) is 10.3 Å². The number of oxime groups is 1. The van der Waals surface area contributed by atoms with Crippen LogP contribution in [0.4, 0.5) is 0 Å². The lowest BCUT2D eigenvalue weighted by atomic mass is 10.3. The Hall–Kier alpha value is -2.93. The van der Waals surface area contributed by atoms with Gasteiger partial charge in [-0.2, -0.15) is 5.10 Å². The summed E-state index contributed by atoms with van der Waals surface area (Å²) in [6.45, 7) is 0. The second kappa shape index (κ2) is 6.67. The Morgan fingerprint density at radius 1 is 1.04 bits per heavy atom. The van der Waals surface area contributed by atoms with Crippen molar-refractivity contribution in [2.24, 2.45) is 5.16 Å². The number of rotatable bonds is 5. The normalized spacial score (nSPS) is 11.7. The van der Waals surface area contributed by atoms with Gasteiger partial charge in [0.05, 0.1) is 28.7 Å². The number of benzene rings is 2. The van der Waals surface area contributed by atoms with E-state index in [-0.39, 0.29) is 4.90 Å². The van der Waals surface area contributed by atoms with E-state index in [1.807, 2.05) is 18.2 Å². The van der Waals surface area contributed by atoms with Crippen LogP contribution in [0.1, 0.15) is 5.69 Å².